The maximum atomic E-state index is 12.2. The first-order valence-electron chi connectivity index (χ1n) is 7.15. The van der Waals surface area contributed by atoms with E-state index in [1.54, 1.807) is 6.92 Å². The van der Waals surface area contributed by atoms with E-state index in [4.69, 9.17) is 0 Å². The van der Waals surface area contributed by atoms with E-state index in [-0.39, 0.29) is 17.0 Å². The van der Waals surface area contributed by atoms with Crippen molar-refractivity contribution in [2.45, 2.75) is 39.5 Å². The molecule has 0 unspecified atom stereocenters. The third-order valence-electron chi connectivity index (χ3n) is 3.76. The Hall–Kier alpha value is -2.35. The number of carbonyl (C=O) groups excluding carboxylic acids is 1. The highest BCUT2D eigenvalue weighted by Gasteiger charge is 2.24. The SMILES string of the molecule is CCC(C)(C)c1nnc(NC(=O)c2ccc([N+](=O)[O-])c(C)c2)s1. The summed E-state index contributed by atoms with van der Waals surface area (Å²) in [5.74, 6) is -0.361. The summed E-state index contributed by atoms with van der Waals surface area (Å²) in [6, 6.07) is 4.25. The van der Waals surface area contributed by atoms with Gasteiger partial charge in [0.2, 0.25) is 5.13 Å². The molecule has 0 aliphatic carbocycles. The highest BCUT2D eigenvalue weighted by Crippen LogP contribution is 2.31. The molecule has 2 rings (SSSR count). The van der Waals surface area contributed by atoms with Gasteiger partial charge < -0.3 is 0 Å². The molecule has 0 atom stereocenters. The van der Waals surface area contributed by atoms with Crippen molar-refractivity contribution in [2.75, 3.05) is 5.32 Å². The van der Waals surface area contributed by atoms with E-state index in [9.17, 15) is 14.9 Å². The lowest BCUT2D eigenvalue weighted by Gasteiger charge is -2.17. The first-order chi connectivity index (χ1) is 10.7. The molecule has 8 heteroatoms. The number of nitrogens with one attached hydrogen (secondary N) is 1. The first-order valence-corrected chi connectivity index (χ1v) is 7.96. The third-order valence-corrected chi connectivity index (χ3v) is 4.97. The molecular weight excluding hydrogens is 316 g/mol. The van der Waals surface area contributed by atoms with Crippen LogP contribution in [0, 0.1) is 17.0 Å². The van der Waals surface area contributed by atoms with Gasteiger partial charge >= 0.3 is 0 Å². The largest absolute Gasteiger partial charge is 0.296 e. The standard InChI is InChI=1S/C15H18N4O3S/c1-5-15(3,4)13-17-18-14(23-13)16-12(20)10-6-7-11(19(21)22)9(2)8-10/h6-8H,5H2,1-4H3,(H,16,18,20). The van der Waals surface area contributed by atoms with Crippen LogP contribution in [0.2, 0.25) is 0 Å². The summed E-state index contributed by atoms with van der Waals surface area (Å²) in [6.45, 7) is 7.80. The van der Waals surface area contributed by atoms with Gasteiger partial charge in [0.15, 0.2) is 0 Å². The second-order valence-corrected chi connectivity index (χ2v) is 6.84. The van der Waals surface area contributed by atoms with Crippen LogP contribution in [0.25, 0.3) is 0 Å². The molecule has 2 aromatic rings. The molecule has 122 valence electrons. The molecule has 0 saturated heterocycles. The summed E-state index contributed by atoms with van der Waals surface area (Å²) in [7, 11) is 0. The van der Waals surface area contributed by atoms with Gasteiger partial charge in [-0.05, 0) is 25.5 Å². The molecule has 1 N–H and O–H groups in total. The normalized spacial score (nSPS) is 11.3. The predicted molar refractivity (Wildman–Crippen MR) is 89.0 cm³/mol. The van der Waals surface area contributed by atoms with E-state index >= 15 is 0 Å². The zero-order valence-electron chi connectivity index (χ0n) is 13.4. The summed E-state index contributed by atoms with van der Waals surface area (Å²) in [4.78, 5) is 22.6. The molecule has 0 radical (unpaired) electrons. The first kappa shape index (κ1) is 17.0. The molecule has 0 aliphatic heterocycles. The Morgan fingerprint density at radius 3 is 2.65 bits per heavy atom. The Labute approximate surface area is 137 Å². The van der Waals surface area contributed by atoms with Gasteiger partial charge in [0.25, 0.3) is 11.6 Å². The topological polar surface area (TPSA) is 98.0 Å². The molecule has 0 fully saturated rings. The highest BCUT2D eigenvalue weighted by atomic mass is 32.1. The van der Waals surface area contributed by atoms with Crippen molar-refractivity contribution in [1.29, 1.82) is 0 Å². The molecule has 1 amide bonds. The van der Waals surface area contributed by atoms with Crippen molar-refractivity contribution in [3.63, 3.8) is 0 Å². The maximum Gasteiger partial charge on any atom is 0.272 e. The fourth-order valence-electron chi connectivity index (χ4n) is 1.87. The minimum absolute atomic E-state index is 0.00977. The van der Waals surface area contributed by atoms with E-state index in [0.717, 1.165) is 11.4 Å². The average Bonchev–Trinajstić information content (AvgIpc) is 2.96. The monoisotopic (exact) mass is 334 g/mol. The zero-order valence-corrected chi connectivity index (χ0v) is 14.2. The van der Waals surface area contributed by atoms with Gasteiger partial charge in [0.1, 0.15) is 5.01 Å². The second-order valence-electron chi connectivity index (χ2n) is 5.86. The van der Waals surface area contributed by atoms with Gasteiger partial charge in [-0.2, -0.15) is 0 Å². The van der Waals surface area contributed by atoms with Gasteiger partial charge in [-0.15, -0.1) is 10.2 Å². The minimum atomic E-state index is -0.471. The number of aryl methyl sites for hydroxylation is 1. The smallest absolute Gasteiger partial charge is 0.272 e. The predicted octanol–water partition coefficient (Wildman–Crippen LogP) is 3.69. The van der Waals surface area contributed by atoms with E-state index in [1.165, 1.54) is 29.5 Å². The zero-order chi connectivity index (χ0) is 17.2. The lowest BCUT2D eigenvalue weighted by atomic mass is 9.91. The highest BCUT2D eigenvalue weighted by molar-refractivity contribution is 7.15. The number of nitro benzene ring substituents is 1. The van der Waals surface area contributed by atoms with Crippen molar-refractivity contribution in [3.8, 4) is 0 Å². The lowest BCUT2D eigenvalue weighted by molar-refractivity contribution is -0.385. The van der Waals surface area contributed by atoms with E-state index in [0.29, 0.717) is 16.3 Å². The molecule has 7 nitrogen and oxygen atoms in total. The Bertz CT molecular complexity index is 755. The second kappa shape index (κ2) is 6.41. The molecule has 0 bridgehead atoms. The maximum absolute atomic E-state index is 12.2. The fourth-order valence-corrected chi connectivity index (χ4v) is 2.78. The summed E-state index contributed by atoms with van der Waals surface area (Å²) in [5.41, 5.74) is 0.682. The number of carbonyl (C=O) groups is 1. The van der Waals surface area contributed by atoms with Gasteiger partial charge in [0.05, 0.1) is 4.92 Å². The molecule has 0 aliphatic rings. The average molecular weight is 334 g/mol. The van der Waals surface area contributed by atoms with E-state index in [1.807, 2.05) is 0 Å². The molecule has 1 aromatic carbocycles. The molecule has 1 heterocycles. The van der Waals surface area contributed by atoms with Crippen LogP contribution in [-0.2, 0) is 5.41 Å². The minimum Gasteiger partial charge on any atom is -0.296 e. The van der Waals surface area contributed by atoms with Crippen molar-refractivity contribution in [2.24, 2.45) is 0 Å². The van der Waals surface area contributed by atoms with Crippen molar-refractivity contribution < 1.29 is 9.72 Å². The van der Waals surface area contributed by atoms with Crippen LogP contribution in [0.5, 0.6) is 0 Å². The molecule has 23 heavy (non-hydrogen) atoms. The Balaban J connectivity index is 2.17. The summed E-state index contributed by atoms with van der Waals surface area (Å²) in [5, 5.41) is 22.9. The Kier molecular flexibility index (Phi) is 4.74. The number of hydrogen-bond donors (Lipinski definition) is 1. The molecule has 0 saturated carbocycles. The van der Waals surface area contributed by atoms with Crippen LogP contribution < -0.4 is 5.32 Å². The Morgan fingerprint density at radius 2 is 2.09 bits per heavy atom. The van der Waals surface area contributed by atoms with Crippen molar-refractivity contribution in [1.82, 2.24) is 10.2 Å². The summed E-state index contributed by atoms with van der Waals surface area (Å²) >= 11 is 1.34. The van der Waals surface area contributed by atoms with Crippen LogP contribution in [0.1, 0.15) is 48.1 Å². The van der Waals surface area contributed by atoms with Crippen LogP contribution in [0.15, 0.2) is 18.2 Å². The molecular formula is C15H18N4O3S. The lowest BCUT2D eigenvalue weighted by Crippen LogP contribution is -2.14. The molecule has 1 aromatic heterocycles. The summed E-state index contributed by atoms with van der Waals surface area (Å²) < 4.78 is 0. The van der Waals surface area contributed by atoms with Gasteiger partial charge in [0, 0.05) is 22.6 Å². The number of benzene rings is 1. The van der Waals surface area contributed by atoms with Gasteiger partial charge in [-0.25, -0.2) is 0 Å². The van der Waals surface area contributed by atoms with Crippen LogP contribution in [0.4, 0.5) is 10.8 Å². The number of rotatable bonds is 5. The number of aromatic nitrogens is 2. The quantitative estimate of drug-likeness (QED) is 0.664. The van der Waals surface area contributed by atoms with Gasteiger partial charge in [-0.3, -0.25) is 20.2 Å². The number of anilines is 1. The van der Waals surface area contributed by atoms with Crippen LogP contribution in [-0.4, -0.2) is 21.0 Å². The molecule has 0 spiro atoms. The number of hydrogen-bond acceptors (Lipinski definition) is 6. The van der Waals surface area contributed by atoms with Crippen LogP contribution in [0.3, 0.4) is 0 Å². The van der Waals surface area contributed by atoms with E-state index in [2.05, 4.69) is 36.3 Å². The van der Waals surface area contributed by atoms with Gasteiger partial charge in [-0.1, -0.05) is 32.1 Å². The van der Waals surface area contributed by atoms with E-state index < -0.39 is 4.92 Å². The number of amides is 1. The van der Waals surface area contributed by atoms with Crippen molar-refractivity contribution in [3.05, 3.63) is 44.4 Å². The van der Waals surface area contributed by atoms with Crippen molar-refractivity contribution >= 4 is 28.1 Å². The summed E-state index contributed by atoms with van der Waals surface area (Å²) in [6.07, 6.45) is 0.914. The Morgan fingerprint density at radius 1 is 1.39 bits per heavy atom. The number of nitrogens with zero attached hydrogens (tertiary/aromatic N) is 3. The fraction of sp³-hybridized carbons (Fsp3) is 0.400. The number of nitro groups is 1. The van der Waals surface area contributed by atoms with Crippen LogP contribution >= 0.6 is 11.3 Å². The third kappa shape index (κ3) is 3.70.